The summed E-state index contributed by atoms with van der Waals surface area (Å²) in [6.07, 6.45) is 14.5. The predicted molar refractivity (Wildman–Crippen MR) is 78.6 cm³/mol. The van der Waals surface area contributed by atoms with Crippen molar-refractivity contribution in [2.75, 3.05) is 5.75 Å². The van der Waals surface area contributed by atoms with Crippen LogP contribution >= 0.6 is 0 Å². The maximum atomic E-state index is 10.5. The van der Waals surface area contributed by atoms with E-state index >= 15 is 0 Å². The number of rotatable bonds is 13. The molecule has 0 aliphatic rings. The van der Waals surface area contributed by atoms with Gasteiger partial charge in [-0.3, -0.25) is 4.55 Å². The van der Waals surface area contributed by atoms with E-state index in [9.17, 15) is 8.42 Å². The summed E-state index contributed by atoms with van der Waals surface area (Å²) < 4.78 is 29.5. The van der Waals surface area contributed by atoms with Gasteiger partial charge in [0.15, 0.2) is 0 Å². The molecule has 0 unspecified atom stereocenters. The maximum absolute atomic E-state index is 10.5. The van der Waals surface area contributed by atoms with Crippen LogP contribution < -0.4 is 29.6 Å². The van der Waals surface area contributed by atoms with Crippen LogP contribution in [0.25, 0.3) is 0 Å². The summed E-state index contributed by atoms with van der Waals surface area (Å²) in [5.74, 6) is -0.0789. The molecule has 0 aromatic carbocycles. The summed E-state index contributed by atoms with van der Waals surface area (Å²) in [5.41, 5.74) is 0. The standard InChI is InChI=1S/C14H30O3S.Na.H/c1-2-3-4-5-6-7-8-9-10-11-12-13-14-18(15,16)17;;/h2-14H2,1H3,(H,15,16,17);;/q;+1;-1. The Bertz CT molecular complexity index is 272. The van der Waals surface area contributed by atoms with Gasteiger partial charge in [-0.05, 0) is 6.42 Å². The molecule has 0 saturated carbocycles. The minimum Gasteiger partial charge on any atom is -1.00 e. The van der Waals surface area contributed by atoms with Gasteiger partial charge in [0.2, 0.25) is 0 Å². The van der Waals surface area contributed by atoms with Gasteiger partial charge in [-0.25, -0.2) is 0 Å². The van der Waals surface area contributed by atoms with E-state index < -0.39 is 10.1 Å². The zero-order valence-electron chi connectivity index (χ0n) is 13.9. The molecule has 0 aromatic heterocycles. The fraction of sp³-hybridized carbons (Fsp3) is 1.00. The molecule has 0 aliphatic heterocycles. The van der Waals surface area contributed by atoms with Crippen LogP contribution in [0.4, 0.5) is 0 Å². The zero-order valence-corrected chi connectivity index (χ0v) is 15.7. The Morgan fingerprint density at radius 1 is 0.737 bits per heavy atom. The van der Waals surface area contributed by atoms with Gasteiger partial charge in [0.25, 0.3) is 10.1 Å². The molecule has 3 nitrogen and oxygen atoms in total. The molecule has 19 heavy (non-hydrogen) atoms. The first-order valence-corrected chi connectivity index (χ1v) is 9.12. The van der Waals surface area contributed by atoms with Gasteiger partial charge in [-0.15, -0.1) is 0 Å². The van der Waals surface area contributed by atoms with E-state index in [4.69, 9.17) is 4.55 Å². The first kappa shape index (κ1) is 22.2. The second-order valence-electron chi connectivity index (χ2n) is 5.18. The van der Waals surface area contributed by atoms with Crippen molar-refractivity contribution < 1.29 is 44.0 Å². The van der Waals surface area contributed by atoms with Crippen LogP contribution in [-0.4, -0.2) is 18.7 Å². The van der Waals surface area contributed by atoms with Crippen LogP contribution in [-0.2, 0) is 10.1 Å². The van der Waals surface area contributed by atoms with Crippen molar-refractivity contribution in [3.63, 3.8) is 0 Å². The predicted octanol–water partition coefficient (Wildman–Crippen LogP) is 1.69. The van der Waals surface area contributed by atoms with Gasteiger partial charge in [0, 0.05) is 0 Å². The number of hydrogen-bond acceptors (Lipinski definition) is 2. The number of unbranched alkanes of at least 4 members (excludes halogenated alkanes) is 11. The molecule has 1 N–H and O–H groups in total. The van der Waals surface area contributed by atoms with Crippen LogP contribution in [0, 0.1) is 0 Å². The second kappa shape index (κ2) is 15.3. The summed E-state index contributed by atoms with van der Waals surface area (Å²) in [4.78, 5) is 0. The Morgan fingerprint density at radius 3 is 1.37 bits per heavy atom. The topological polar surface area (TPSA) is 54.4 Å². The SMILES string of the molecule is CCCCCCCCCCCCCCS(=O)(=O)O.[H-].[Na+]. The smallest absolute Gasteiger partial charge is 1.00 e. The maximum Gasteiger partial charge on any atom is 1.00 e. The average Bonchev–Trinajstić information content (AvgIpc) is 2.29. The van der Waals surface area contributed by atoms with Crippen molar-refractivity contribution in [3.05, 3.63) is 0 Å². The van der Waals surface area contributed by atoms with E-state index in [1.54, 1.807) is 0 Å². The molecule has 0 atom stereocenters. The summed E-state index contributed by atoms with van der Waals surface area (Å²) in [7, 11) is -3.74. The Kier molecular flexibility index (Phi) is 17.9. The third kappa shape index (κ3) is 21.4. The number of hydrogen-bond donors (Lipinski definition) is 1. The largest absolute Gasteiger partial charge is 1.00 e. The monoisotopic (exact) mass is 302 g/mol. The first-order valence-electron chi connectivity index (χ1n) is 7.51. The Balaban J connectivity index is -0.00000144. The zero-order chi connectivity index (χ0) is 13.7. The molecule has 0 spiro atoms. The minimum atomic E-state index is -3.74. The minimum absolute atomic E-state index is 0. The summed E-state index contributed by atoms with van der Waals surface area (Å²) in [5, 5.41) is 0. The van der Waals surface area contributed by atoms with Crippen LogP contribution in [0.15, 0.2) is 0 Å². The van der Waals surface area contributed by atoms with Crippen molar-refractivity contribution in [1.82, 2.24) is 0 Å². The summed E-state index contributed by atoms with van der Waals surface area (Å²) in [6.45, 7) is 2.24. The molecule has 0 saturated heterocycles. The third-order valence-electron chi connectivity index (χ3n) is 3.26. The van der Waals surface area contributed by atoms with E-state index in [0.717, 1.165) is 12.8 Å². The van der Waals surface area contributed by atoms with E-state index in [2.05, 4.69) is 6.92 Å². The second-order valence-corrected chi connectivity index (χ2v) is 6.75. The third-order valence-corrected chi connectivity index (χ3v) is 4.06. The molecule has 0 amide bonds. The molecule has 0 rings (SSSR count). The fourth-order valence-corrected chi connectivity index (χ4v) is 2.69. The van der Waals surface area contributed by atoms with E-state index in [1.165, 1.54) is 57.8 Å². The van der Waals surface area contributed by atoms with Crippen molar-refractivity contribution >= 4 is 10.1 Å². The van der Waals surface area contributed by atoms with Gasteiger partial charge in [-0.2, -0.15) is 8.42 Å². The molecule has 0 aromatic rings. The van der Waals surface area contributed by atoms with Crippen LogP contribution in [0.5, 0.6) is 0 Å². The van der Waals surface area contributed by atoms with Crippen molar-refractivity contribution in [2.24, 2.45) is 0 Å². The summed E-state index contributed by atoms with van der Waals surface area (Å²) in [6, 6.07) is 0. The average molecular weight is 302 g/mol. The molecule has 0 fully saturated rings. The van der Waals surface area contributed by atoms with Crippen molar-refractivity contribution in [2.45, 2.75) is 84.0 Å². The molecular weight excluding hydrogens is 271 g/mol. The van der Waals surface area contributed by atoms with E-state index in [0.29, 0.717) is 6.42 Å². The molecule has 0 heterocycles. The van der Waals surface area contributed by atoms with E-state index in [1.807, 2.05) is 0 Å². The molecule has 0 radical (unpaired) electrons. The van der Waals surface area contributed by atoms with Crippen LogP contribution in [0.1, 0.15) is 85.4 Å². The normalized spacial score (nSPS) is 11.3. The first-order chi connectivity index (χ1) is 8.56. The Hall–Kier alpha value is 0.910. The Labute approximate surface area is 143 Å². The molecule has 5 heteroatoms. The van der Waals surface area contributed by atoms with Crippen LogP contribution in [0.3, 0.4) is 0 Å². The van der Waals surface area contributed by atoms with Gasteiger partial charge in [-0.1, -0.05) is 77.6 Å². The van der Waals surface area contributed by atoms with Gasteiger partial charge < -0.3 is 1.43 Å². The Morgan fingerprint density at radius 2 is 1.05 bits per heavy atom. The molecule has 0 aliphatic carbocycles. The van der Waals surface area contributed by atoms with Gasteiger partial charge in [0.1, 0.15) is 0 Å². The van der Waals surface area contributed by atoms with E-state index in [-0.39, 0.29) is 36.7 Å². The summed E-state index contributed by atoms with van der Waals surface area (Å²) >= 11 is 0. The fourth-order valence-electron chi connectivity index (χ4n) is 2.13. The van der Waals surface area contributed by atoms with Crippen molar-refractivity contribution in [3.8, 4) is 0 Å². The molecule has 0 bridgehead atoms. The molecular formula is C14H31NaO3S. The van der Waals surface area contributed by atoms with Crippen molar-refractivity contribution in [1.29, 1.82) is 0 Å². The quantitative estimate of drug-likeness (QED) is 0.320. The molecule has 112 valence electrons. The van der Waals surface area contributed by atoms with Crippen LogP contribution in [0.2, 0.25) is 0 Å². The van der Waals surface area contributed by atoms with Gasteiger partial charge in [0.05, 0.1) is 5.75 Å². The van der Waals surface area contributed by atoms with Gasteiger partial charge >= 0.3 is 29.6 Å².